The molecule has 3 nitrogen and oxygen atoms in total. The Morgan fingerprint density at radius 3 is 2.48 bits per heavy atom. The molecule has 3 rings (SSSR count). The predicted octanol–water partition coefficient (Wildman–Crippen LogP) is 2.30. The number of fused-ring (bicyclic) bond motifs is 1. The van der Waals surface area contributed by atoms with E-state index in [9.17, 15) is 5.11 Å². The largest absolute Gasteiger partial charge is 0.508 e. The molecule has 0 unspecified atom stereocenters. The van der Waals surface area contributed by atoms with Gasteiger partial charge in [-0.1, -0.05) is 36.3 Å². The summed E-state index contributed by atoms with van der Waals surface area (Å²) >= 11 is 0. The Labute approximate surface area is 125 Å². The molecule has 0 spiro atoms. The van der Waals surface area contributed by atoms with Crippen molar-refractivity contribution in [2.24, 2.45) is 0 Å². The van der Waals surface area contributed by atoms with E-state index in [4.69, 9.17) is 6.42 Å². The lowest BCUT2D eigenvalue weighted by Crippen LogP contribution is -2.45. The van der Waals surface area contributed by atoms with Crippen molar-refractivity contribution < 1.29 is 5.11 Å². The third-order valence-corrected chi connectivity index (χ3v) is 4.18. The van der Waals surface area contributed by atoms with Crippen molar-refractivity contribution in [1.82, 2.24) is 9.80 Å². The standard InChI is InChI=1S/C18H20N2O/c1-2-9-19-10-12-20(13-11-19)14-17-16-6-4-3-5-15(16)7-8-18(17)21/h1,3-8,21H,9-14H2. The topological polar surface area (TPSA) is 26.7 Å². The zero-order chi connectivity index (χ0) is 14.7. The summed E-state index contributed by atoms with van der Waals surface area (Å²) < 4.78 is 0. The molecule has 0 saturated carbocycles. The first-order chi connectivity index (χ1) is 10.3. The second-order valence-electron chi connectivity index (χ2n) is 5.54. The van der Waals surface area contributed by atoms with E-state index in [1.807, 2.05) is 18.2 Å². The Morgan fingerprint density at radius 1 is 1.00 bits per heavy atom. The number of piperazine rings is 1. The maximum Gasteiger partial charge on any atom is 0.120 e. The number of phenolic OH excluding ortho intramolecular Hbond substituents is 1. The Hall–Kier alpha value is -2.02. The number of hydrogen-bond acceptors (Lipinski definition) is 3. The van der Waals surface area contributed by atoms with Gasteiger partial charge in [0.05, 0.1) is 6.54 Å². The minimum atomic E-state index is 0.389. The summed E-state index contributed by atoms with van der Waals surface area (Å²) in [6.07, 6.45) is 5.36. The van der Waals surface area contributed by atoms with Gasteiger partial charge in [0.15, 0.2) is 0 Å². The summed E-state index contributed by atoms with van der Waals surface area (Å²) in [5.41, 5.74) is 1.03. The summed E-state index contributed by atoms with van der Waals surface area (Å²) in [6.45, 7) is 5.49. The van der Waals surface area contributed by atoms with Crippen molar-refractivity contribution in [2.75, 3.05) is 32.7 Å². The molecule has 0 aliphatic carbocycles. The molecule has 1 N–H and O–H groups in total. The summed E-state index contributed by atoms with van der Waals surface area (Å²) in [7, 11) is 0. The van der Waals surface area contributed by atoms with E-state index in [2.05, 4.69) is 27.9 Å². The van der Waals surface area contributed by atoms with Crippen molar-refractivity contribution in [3.05, 3.63) is 42.0 Å². The summed E-state index contributed by atoms with van der Waals surface area (Å²) in [4.78, 5) is 4.67. The molecule has 1 saturated heterocycles. The maximum atomic E-state index is 10.2. The fourth-order valence-electron chi connectivity index (χ4n) is 2.95. The van der Waals surface area contributed by atoms with Gasteiger partial charge in [0.25, 0.3) is 0 Å². The van der Waals surface area contributed by atoms with Crippen LogP contribution >= 0.6 is 0 Å². The van der Waals surface area contributed by atoms with E-state index in [0.29, 0.717) is 5.75 Å². The van der Waals surface area contributed by atoms with Crippen LogP contribution in [0.5, 0.6) is 5.75 Å². The number of hydrogen-bond donors (Lipinski definition) is 1. The molecule has 2 aromatic rings. The molecular formula is C18H20N2O. The van der Waals surface area contributed by atoms with Crippen molar-refractivity contribution in [1.29, 1.82) is 0 Å². The van der Waals surface area contributed by atoms with Crippen LogP contribution in [0.2, 0.25) is 0 Å². The maximum absolute atomic E-state index is 10.2. The van der Waals surface area contributed by atoms with Crippen LogP contribution in [-0.2, 0) is 6.54 Å². The molecule has 108 valence electrons. The average molecular weight is 280 g/mol. The number of phenols is 1. The lowest BCUT2D eigenvalue weighted by atomic mass is 10.0. The van der Waals surface area contributed by atoms with Crippen LogP contribution in [0, 0.1) is 12.3 Å². The van der Waals surface area contributed by atoms with Gasteiger partial charge in [0.1, 0.15) is 5.75 Å². The van der Waals surface area contributed by atoms with E-state index < -0.39 is 0 Å². The molecule has 2 aromatic carbocycles. The fraction of sp³-hybridized carbons (Fsp3) is 0.333. The predicted molar refractivity (Wildman–Crippen MR) is 86.2 cm³/mol. The smallest absolute Gasteiger partial charge is 0.120 e. The van der Waals surface area contributed by atoms with Gasteiger partial charge in [-0.3, -0.25) is 9.80 Å². The average Bonchev–Trinajstić information content (AvgIpc) is 2.52. The van der Waals surface area contributed by atoms with Crippen LogP contribution in [0.1, 0.15) is 5.56 Å². The molecule has 3 heteroatoms. The fourth-order valence-corrected chi connectivity index (χ4v) is 2.95. The minimum Gasteiger partial charge on any atom is -0.508 e. The molecule has 1 heterocycles. The van der Waals surface area contributed by atoms with Gasteiger partial charge in [-0.25, -0.2) is 0 Å². The monoisotopic (exact) mass is 280 g/mol. The van der Waals surface area contributed by atoms with Gasteiger partial charge in [0.2, 0.25) is 0 Å². The zero-order valence-corrected chi connectivity index (χ0v) is 12.1. The quantitative estimate of drug-likeness (QED) is 0.874. The van der Waals surface area contributed by atoms with E-state index in [1.54, 1.807) is 6.07 Å². The van der Waals surface area contributed by atoms with Gasteiger partial charge in [-0.05, 0) is 16.8 Å². The molecule has 0 radical (unpaired) electrons. The van der Waals surface area contributed by atoms with Crippen LogP contribution in [0.3, 0.4) is 0 Å². The number of nitrogens with zero attached hydrogens (tertiary/aromatic N) is 2. The Balaban J connectivity index is 1.77. The zero-order valence-electron chi connectivity index (χ0n) is 12.1. The second-order valence-corrected chi connectivity index (χ2v) is 5.54. The summed E-state index contributed by atoms with van der Waals surface area (Å²) in [6, 6.07) is 12.0. The van der Waals surface area contributed by atoms with Crippen LogP contribution in [0.25, 0.3) is 10.8 Å². The highest BCUT2D eigenvalue weighted by atomic mass is 16.3. The minimum absolute atomic E-state index is 0.389. The number of terminal acetylenes is 1. The molecule has 0 amide bonds. The van der Waals surface area contributed by atoms with E-state index in [1.165, 1.54) is 5.39 Å². The van der Waals surface area contributed by atoms with Crippen molar-refractivity contribution in [2.45, 2.75) is 6.54 Å². The third kappa shape index (κ3) is 3.02. The number of rotatable bonds is 3. The van der Waals surface area contributed by atoms with E-state index in [0.717, 1.165) is 50.2 Å². The SMILES string of the molecule is C#CCN1CCN(Cc2c(O)ccc3ccccc23)CC1. The first kappa shape index (κ1) is 13.9. The summed E-state index contributed by atoms with van der Waals surface area (Å²) in [5, 5.41) is 12.5. The van der Waals surface area contributed by atoms with Crippen LogP contribution in [0.4, 0.5) is 0 Å². The Morgan fingerprint density at radius 2 is 1.71 bits per heavy atom. The number of aromatic hydroxyl groups is 1. The van der Waals surface area contributed by atoms with Crippen LogP contribution < -0.4 is 0 Å². The Bertz CT molecular complexity index is 666. The van der Waals surface area contributed by atoms with Gasteiger partial charge < -0.3 is 5.11 Å². The molecule has 1 aliphatic rings. The molecule has 1 aliphatic heterocycles. The number of benzene rings is 2. The summed E-state index contributed by atoms with van der Waals surface area (Å²) in [5.74, 6) is 3.09. The lowest BCUT2D eigenvalue weighted by Gasteiger charge is -2.34. The molecule has 1 fully saturated rings. The van der Waals surface area contributed by atoms with Crippen molar-refractivity contribution in [3.8, 4) is 18.1 Å². The van der Waals surface area contributed by atoms with Gasteiger partial charge in [-0.2, -0.15) is 0 Å². The van der Waals surface area contributed by atoms with E-state index in [-0.39, 0.29) is 0 Å². The van der Waals surface area contributed by atoms with Gasteiger partial charge in [-0.15, -0.1) is 6.42 Å². The molecule has 0 bridgehead atoms. The normalized spacial score (nSPS) is 16.9. The highest BCUT2D eigenvalue weighted by Gasteiger charge is 2.18. The molecular weight excluding hydrogens is 260 g/mol. The van der Waals surface area contributed by atoms with Gasteiger partial charge >= 0.3 is 0 Å². The third-order valence-electron chi connectivity index (χ3n) is 4.18. The molecule has 0 atom stereocenters. The molecule has 0 aromatic heterocycles. The van der Waals surface area contributed by atoms with Crippen LogP contribution in [-0.4, -0.2) is 47.6 Å². The van der Waals surface area contributed by atoms with E-state index >= 15 is 0 Å². The van der Waals surface area contributed by atoms with Crippen LogP contribution in [0.15, 0.2) is 36.4 Å². The van der Waals surface area contributed by atoms with Gasteiger partial charge in [0, 0.05) is 38.3 Å². The second kappa shape index (κ2) is 6.17. The molecule has 21 heavy (non-hydrogen) atoms. The van der Waals surface area contributed by atoms with Crippen molar-refractivity contribution >= 4 is 10.8 Å². The lowest BCUT2D eigenvalue weighted by molar-refractivity contribution is 0.138. The first-order valence-electron chi connectivity index (χ1n) is 7.35. The highest BCUT2D eigenvalue weighted by Crippen LogP contribution is 2.28. The highest BCUT2D eigenvalue weighted by molar-refractivity contribution is 5.87. The Kier molecular flexibility index (Phi) is 4.10. The first-order valence-corrected chi connectivity index (χ1v) is 7.35. The van der Waals surface area contributed by atoms with Crippen molar-refractivity contribution in [3.63, 3.8) is 0 Å².